The van der Waals surface area contributed by atoms with Crippen molar-refractivity contribution in [1.29, 1.82) is 0 Å². The van der Waals surface area contributed by atoms with E-state index in [1.165, 1.54) is 12.8 Å². The maximum absolute atomic E-state index is 6.36. The number of halogens is 1. The van der Waals surface area contributed by atoms with Crippen LogP contribution in [0.1, 0.15) is 18.9 Å². The van der Waals surface area contributed by atoms with Gasteiger partial charge in [-0.15, -0.1) is 0 Å². The maximum atomic E-state index is 6.36. The fourth-order valence-electron chi connectivity index (χ4n) is 2.51. The zero-order chi connectivity index (χ0) is 13.7. The van der Waals surface area contributed by atoms with E-state index < -0.39 is 0 Å². The van der Waals surface area contributed by atoms with E-state index in [4.69, 9.17) is 22.3 Å². The standard InChI is InChI=1S/C15H13ClN4/c16-11-2-1-3-12-14(11)20(10-5-6-10)15(19-12)13-7-4-9(17)8-18-13/h1-4,7-8,10H,5-6,17H2. The lowest BCUT2D eigenvalue weighted by atomic mass is 10.3. The van der Waals surface area contributed by atoms with Crippen molar-refractivity contribution in [2.24, 2.45) is 0 Å². The maximum Gasteiger partial charge on any atom is 0.160 e. The minimum absolute atomic E-state index is 0.481. The molecule has 1 fully saturated rings. The van der Waals surface area contributed by atoms with E-state index in [2.05, 4.69) is 9.55 Å². The molecule has 0 unspecified atom stereocenters. The number of nitrogens with zero attached hydrogens (tertiary/aromatic N) is 3. The molecule has 0 amide bonds. The number of pyridine rings is 1. The van der Waals surface area contributed by atoms with Gasteiger partial charge in [0.2, 0.25) is 0 Å². The molecule has 2 N–H and O–H groups in total. The van der Waals surface area contributed by atoms with Gasteiger partial charge in [-0.2, -0.15) is 0 Å². The fourth-order valence-corrected chi connectivity index (χ4v) is 2.77. The molecule has 20 heavy (non-hydrogen) atoms. The van der Waals surface area contributed by atoms with Gasteiger partial charge in [-0.25, -0.2) is 4.98 Å². The quantitative estimate of drug-likeness (QED) is 0.781. The molecule has 1 aliphatic rings. The topological polar surface area (TPSA) is 56.7 Å². The van der Waals surface area contributed by atoms with Crippen molar-refractivity contribution in [2.75, 3.05) is 5.73 Å². The second kappa shape index (κ2) is 4.21. The highest BCUT2D eigenvalue weighted by atomic mass is 35.5. The minimum atomic E-state index is 0.481. The van der Waals surface area contributed by atoms with Crippen molar-refractivity contribution in [3.63, 3.8) is 0 Å². The largest absolute Gasteiger partial charge is 0.397 e. The van der Waals surface area contributed by atoms with E-state index in [-0.39, 0.29) is 0 Å². The van der Waals surface area contributed by atoms with E-state index in [1.807, 2.05) is 30.3 Å². The Labute approximate surface area is 121 Å². The van der Waals surface area contributed by atoms with Crippen molar-refractivity contribution in [3.05, 3.63) is 41.6 Å². The predicted molar refractivity (Wildman–Crippen MR) is 80.7 cm³/mol. The molecule has 0 atom stereocenters. The molecule has 4 rings (SSSR count). The average molecular weight is 285 g/mol. The number of imidazole rings is 1. The first kappa shape index (κ1) is 11.7. The Morgan fingerprint density at radius 1 is 1.20 bits per heavy atom. The normalized spacial score (nSPS) is 14.8. The molecule has 4 nitrogen and oxygen atoms in total. The summed E-state index contributed by atoms with van der Waals surface area (Å²) >= 11 is 6.36. The van der Waals surface area contributed by atoms with Crippen molar-refractivity contribution < 1.29 is 0 Å². The summed E-state index contributed by atoms with van der Waals surface area (Å²) in [6.07, 6.45) is 3.99. The van der Waals surface area contributed by atoms with Gasteiger partial charge >= 0.3 is 0 Å². The van der Waals surface area contributed by atoms with Gasteiger partial charge < -0.3 is 10.3 Å². The Balaban J connectivity index is 2.01. The molecule has 2 heterocycles. The van der Waals surface area contributed by atoms with E-state index >= 15 is 0 Å². The van der Waals surface area contributed by atoms with Gasteiger partial charge in [-0.1, -0.05) is 17.7 Å². The number of hydrogen-bond donors (Lipinski definition) is 1. The monoisotopic (exact) mass is 284 g/mol. The lowest BCUT2D eigenvalue weighted by Gasteiger charge is -2.08. The van der Waals surface area contributed by atoms with Crippen LogP contribution in [-0.4, -0.2) is 14.5 Å². The molecule has 2 aromatic heterocycles. The highest BCUT2D eigenvalue weighted by molar-refractivity contribution is 6.35. The van der Waals surface area contributed by atoms with Crippen LogP contribution in [0, 0.1) is 0 Å². The SMILES string of the molecule is Nc1ccc(-c2nc3cccc(Cl)c3n2C2CC2)nc1. The molecular weight excluding hydrogens is 272 g/mol. The summed E-state index contributed by atoms with van der Waals surface area (Å²) in [5.74, 6) is 0.871. The summed E-state index contributed by atoms with van der Waals surface area (Å²) in [6.45, 7) is 0. The number of aromatic nitrogens is 3. The molecule has 0 saturated heterocycles. The van der Waals surface area contributed by atoms with Crippen LogP contribution in [-0.2, 0) is 0 Å². The molecule has 1 saturated carbocycles. The third-order valence-electron chi connectivity index (χ3n) is 3.59. The van der Waals surface area contributed by atoms with Crippen LogP contribution >= 0.6 is 11.6 Å². The number of rotatable bonds is 2. The number of fused-ring (bicyclic) bond motifs is 1. The van der Waals surface area contributed by atoms with Crippen molar-refractivity contribution in [2.45, 2.75) is 18.9 Å². The molecule has 5 heteroatoms. The summed E-state index contributed by atoms with van der Waals surface area (Å²) in [4.78, 5) is 9.10. The predicted octanol–water partition coefficient (Wildman–Crippen LogP) is 3.67. The van der Waals surface area contributed by atoms with Crippen LogP contribution in [0.25, 0.3) is 22.6 Å². The van der Waals surface area contributed by atoms with Crippen molar-refractivity contribution in [3.8, 4) is 11.5 Å². The van der Waals surface area contributed by atoms with Crippen LogP contribution in [0.2, 0.25) is 5.02 Å². The van der Waals surface area contributed by atoms with E-state index in [9.17, 15) is 0 Å². The molecular formula is C15H13ClN4. The summed E-state index contributed by atoms with van der Waals surface area (Å²) in [7, 11) is 0. The summed E-state index contributed by atoms with van der Waals surface area (Å²) in [5.41, 5.74) is 9.11. The van der Waals surface area contributed by atoms with Crippen molar-refractivity contribution >= 4 is 28.3 Å². The van der Waals surface area contributed by atoms with Crippen LogP contribution in [0.3, 0.4) is 0 Å². The lowest BCUT2D eigenvalue weighted by Crippen LogP contribution is -1.99. The second-order valence-electron chi connectivity index (χ2n) is 5.12. The fraction of sp³-hybridized carbons (Fsp3) is 0.200. The van der Waals surface area contributed by atoms with E-state index in [1.54, 1.807) is 6.20 Å². The summed E-state index contributed by atoms with van der Waals surface area (Å²) in [5, 5.41) is 0.739. The van der Waals surface area contributed by atoms with Gasteiger partial charge in [0.25, 0.3) is 0 Å². The average Bonchev–Trinajstić information content (AvgIpc) is 3.20. The van der Waals surface area contributed by atoms with Crippen LogP contribution in [0.4, 0.5) is 5.69 Å². The van der Waals surface area contributed by atoms with Crippen LogP contribution in [0.5, 0.6) is 0 Å². The molecule has 0 bridgehead atoms. The Morgan fingerprint density at radius 2 is 2.05 bits per heavy atom. The number of benzene rings is 1. The zero-order valence-corrected chi connectivity index (χ0v) is 11.5. The Bertz CT molecular complexity index is 787. The Morgan fingerprint density at radius 3 is 2.75 bits per heavy atom. The number of nitrogen functional groups attached to an aromatic ring is 1. The number of nitrogens with two attached hydrogens (primary N) is 1. The van der Waals surface area contributed by atoms with Crippen LogP contribution < -0.4 is 5.73 Å². The van der Waals surface area contributed by atoms with Gasteiger partial charge in [0.15, 0.2) is 5.82 Å². The molecule has 1 aliphatic carbocycles. The smallest absolute Gasteiger partial charge is 0.160 e. The summed E-state index contributed by atoms with van der Waals surface area (Å²) in [6, 6.07) is 10.1. The second-order valence-corrected chi connectivity index (χ2v) is 5.53. The first-order chi connectivity index (χ1) is 9.74. The molecule has 1 aromatic carbocycles. The van der Waals surface area contributed by atoms with Crippen LogP contribution in [0.15, 0.2) is 36.5 Å². The third-order valence-corrected chi connectivity index (χ3v) is 3.89. The van der Waals surface area contributed by atoms with Gasteiger partial charge in [-0.3, -0.25) is 4.98 Å². The Hall–Kier alpha value is -2.07. The van der Waals surface area contributed by atoms with E-state index in [0.29, 0.717) is 11.7 Å². The third kappa shape index (κ3) is 1.76. The first-order valence-electron chi connectivity index (χ1n) is 6.62. The molecule has 0 aliphatic heterocycles. The van der Waals surface area contributed by atoms with Crippen molar-refractivity contribution in [1.82, 2.24) is 14.5 Å². The molecule has 0 radical (unpaired) electrons. The Kier molecular flexibility index (Phi) is 2.47. The number of para-hydroxylation sites is 1. The zero-order valence-electron chi connectivity index (χ0n) is 10.8. The summed E-state index contributed by atoms with van der Waals surface area (Å²) < 4.78 is 2.22. The first-order valence-corrected chi connectivity index (χ1v) is 7.00. The van der Waals surface area contributed by atoms with Gasteiger partial charge in [0, 0.05) is 6.04 Å². The van der Waals surface area contributed by atoms with Gasteiger partial charge in [-0.05, 0) is 37.1 Å². The highest BCUT2D eigenvalue weighted by Crippen LogP contribution is 2.42. The van der Waals surface area contributed by atoms with Gasteiger partial charge in [0.1, 0.15) is 5.69 Å². The molecule has 0 spiro atoms. The van der Waals surface area contributed by atoms with E-state index in [0.717, 1.165) is 27.6 Å². The highest BCUT2D eigenvalue weighted by Gasteiger charge is 2.29. The number of hydrogen-bond acceptors (Lipinski definition) is 3. The molecule has 100 valence electrons. The molecule has 3 aromatic rings. The number of anilines is 1. The minimum Gasteiger partial charge on any atom is -0.397 e. The lowest BCUT2D eigenvalue weighted by molar-refractivity contribution is 0.772. The van der Waals surface area contributed by atoms with Gasteiger partial charge in [0.05, 0.1) is 27.9 Å².